The lowest BCUT2D eigenvalue weighted by Gasteiger charge is -2.44. The van der Waals surface area contributed by atoms with Crippen molar-refractivity contribution in [1.82, 2.24) is 4.90 Å². The van der Waals surface area contributed by atoms with Crippen LogP contribution >= 0.6 is 0 Å². The van der Waals surface area contributed by atoms with E-state index in [9.17, 15) is 0 Å². The molecule has 0 aliphatic carbocycles. The van der Waals surface area contributed by atoms with Gasteiger partial charge in [0.15, 0.2) is 0 Å². The third-order valence-corrected chi connectivity index (χ3v) is 8.80. The summed E-state index contributed by atoms with van der Waals surface area (Å²) in [7, 11) is 0. The molecule has 1 fully saturated rings. The third-order valence-electron chi connectivity index (χ3n) is 8.80. The molecule has 210 valence electrons. The van der Waals surface area contributed by atoms with Crippen LogP contribution in [0.2, 0.25) is 0 Å². The summed E-state index contributed by atoms with van der Waals surface area (Å²) in [6.45, 7) is 16.6. The van der Waals surface area contributed by atoms with Crippen molar-refractivity contribution in [1.29, 1.82) is 0 Å². The average Bonchev–Trinajstić information content (AvgIpc) is 2.84. The van der Waals surface area contributed by atoms with Crippen LogP contribution in [0.3, 0.4) is 0 Å². The van der Waals surface area contributed by atoms with Crippen molar-refractivity contribution in [3.63, 3.8) is 0 Å². The molecule has 1 aliphatic rings. The van der Waals surface area contributed by atoms with Gasteiger partial charge in [-0.3, -0.25) is 4.90 Å². The molecule has 1 rings (SSSR count). The van der Waals surface area contributed by atoms with E-state index >= 15 is 0 Å². The van der Waals surface area contributed by atoms with E-state index in [4.69, 9.17) is 4.74 Å². The summed E-state index contributed by atoms with van der Waals surface area (Å²) in [6.07, 6.45) is 28.1. The molecule has 0 N–H and O–H groups in total. The molecular weight excluding hydrogens is 426 g/mol. The van der Waals surface area contributed by atoms with E-state index in [2.05, 4.69) is 46.4 Å². The molecule has 4 atom stereocenters. The predicted octanol–water partition coefficient (Wildman–Crippen LogP) is 10.6. The van der Waals surface area contributed by atoms with Gasteiger partial charge in [-0.2, -0.15) is 0 Å². The van der Waals surface area contributed by atoms with Crippen LogP contribution in [0.5, 0.6) is 0 Å². The van der Waals surface area contributed by atoms with Crippen LogP contribution in [0.1, 0.15) is 170 Å². The molecule has 1 heterocycles. The van der Waals surface area contributed by atoms with Gasteiger partial charge in [0, 0.05) is 25.2 Å². The Labute approximate surface area is 222 Å². The average molecular weight is 494 g/mol. The van der Waals surface area contributed by atoms with Crippen molar-refractivity contribution in [2.45, 2.75) is 188 Å². The first-order valence-electron chi connectivity index (χ1n) is 16.4. The molecule has 35 heavy (non-hydrogen) atoms. The number of ether oxygens (including phenoxy) is 1. The molecule has 0 bridgehead atoms. The zero-order chi connectivity index (χ0) is 25.7. The van der Waals surface area contributed by atoms with Crippen molar-refractivity contribution in [2.24, 2.45) is 11.8 Å². The number of hydrogen-bond acceptors (Lipinski definition) is 2. The van der Waals surface area contributed by atoms with E-state index in [-0.39, 0.29) is 0 Å². The highest BCUT2D eigenvalue weighted by Crippen LogP contribution is 2.30. The van der Waals surface area contributed by atoms with Gasteiger partial charge in [0.05, 0.1) is 6.10 Å². The number of rotatable bonds is 23. The van der Waals surface area contributed by atoms with E-state index in [0.29, 0.717) is 18.2 Å². The van der Waals surface area contributed by atoms with Gasteiger partial charge in [-0.25, -0.2) is 0 Å². The van der Waals surface area contributed by atoms with E-state index in [0.717, 1.165) is 18.4 Å². The van der Waals surface area contributed by atoms with Crippen molar-refractivity contribution in [3.05, 3.63) is 0 Å². The number of piperidine rings is 1. The lowest BCUT2D eigenvalue weighted by Crippen LogP contribution is -2.50. The van der Waals surface area contributed by atoms with Gasteiger partial charge in [-0.15, -0.1) is 0 Å². The number of nitrogens with zero attached hydrogens (tertiary/aromatic N) is 1. The lowest BCUT2D eigenvalue weighted by atomic mass is 9.89. The summed E-state index contributed by atoms with van der Waals surface area (Å²) in [4.78, 5) is 2.86. The van der Waals surface area contributed by atoms with Crippen LogP contribution in [0.15, 0.2) is 0 Å². The first kappa shape index (κ1) is 32.9. The van der Waals surface area contributed by atoms with Crippen LogP contribution in [-0.4, -0.2) is 36.2 Å². The van der Waals surface area contributed by atoms with Gasteiger partial charge in [-0.1, -0.05) is 124 Å². The molecule has 1 aliphatic heterocycles. The highest BCUT2D eigenvalue weighted by atomic mass is 16.5. The lowest BCUT2D eigenvalue weighted by molar-refractivity contribution is -0.0427. The Morgan fingerprint density at radius 2 is 1.03 bits per heavy atom. The summed E-state index contributed by atoms with van der Waals surface area (Å²) < 4.78 is 6.55. The maximum absolute atomic E-state index is 6.55. The minimum absolute atomic E-state index is 0.478. The molecule has 2 unspecified atom stereocenters. The minimum atomic E-state index is 0.478. The van der Waals surface area contributed by atoms with Crippen molar-refractivity contribution >= 4 is 0 Å². The zero-order valence-corrected chi connectivity index (χ0v) is 25.3. The Balaban J connectivity index is 2.48. The van der Waals surface area contributed by atoms with Crippen LogP contribution in [0, 0.1) is 11.8 Å². The second-order valence-electron chi connectivity index (χ2n) is 12.2. The number of unbranched alkanes of at least 4 members (excludes halogenated alkanes) is 9. The maximum atomic E-state index is 6.55. The Bertz CT molecular complexity index is 428. The molecule has 0 aromatic rings. The largest absolute Gasteiger partial charge is 0.378 e. The Morgan fingerprint density at radius 3 is 1.57 bits per heavy atom. The molecule has 2 heteroatoms. The van der Waals surface area contributed by atoms with E-state index in [1.165, 1.54) is 135 Å². The molecule has 0 spiro atoms. The standard InChI is InChI=1S/C33H67NO/c1-7-11-15-18-22-32(23-19-16-12-8-2)28-34-29(5)26-33(27-30(34)6)35-25-24-31(20-14-10-4)21-17-13-9-3/h29-33H,7-28H2,1-6H3/t29-,30+,31?,33?. The third kappa shape index (κ3) is 15.7. The Morgan fingerprint density at radius 1 is 0.571 bits per heavy atom. The molecular formula is C33H67NO. The second kappa shape index (κ2) is 22.0. The summed E-state index contributed by atoms with van der Waals surface area (Å²) in [5.41, 5.74) is 0. The van der Waals surface area contributed by atoms with Crippen molar-refractivity contribution in [2.75, 3.05) is 13.2 Å². The van der Waals surface area contributed by atoms with Gasteiger partial charge in [-0.05, 0) is 57.8 Å². The summed E-state index contributed by atoms with van der Waals surface area (Å²) in [5, 5.41) is 0. The second-order valence-corrected chi connectivity index (χ2v) is 12.2. The van der Waals surface area contributed by atoms with Gasteiger partial charge in [0.2, 0.25) is 0 Å². The predicted molar refractivity (Wildman–Crippen MR) is 157 cm³/mol. The quantitative estimate of drug-likeness (QED) is 0.131. The monoisotopic (exact) mass is 494 g/mol. The zero-order valence-electron chi connectivity index (χ0n) is 25.3. The van der Waals surface area contributed by atoms with Gasteiger partial charge >= 0.3 is 0 Å². The number of likely N-dealkylation sites (tertiary alicyclic amines) is 1. The minimum Gasteiger partial charge on any atom is -0.378 e. The topological polar surface area (TPSA) is 12.5 Å². The highest BCUT2D eigenvalue weighted by Gasteiger charge is 2.32. The first-order chi connectivity index (χ1) is 17.0. The maximum Gasteiger partial charge on any atom is 0.0604 e. The number of hydrogen-bond donors (Lipinski definition) is 0. The van der Waals surface area contributed by atoms with Gasteiger partial charge in [0.25, 0.3) is 0 Å². The van der Waals surface area contributed by atoms with Crippen LogP contribution in [0.4, 0.5) is 0 Å². The Kier molecular flexibility index (Phi) is 20.7. The highest BCUT2D eigenvalue weighted by molar-refractivity contribution is 4.86. The fourth-order valence-corrected chi connectivity index (χ4v) is 6.41. The van der Waals surface area contributed by atoms with Crippen molar-refractivity contribution < 1.29 is 4.74 Å². The Hall–Kier alpha value is -0.0800. The smallest absolute Gasteiger partial charge is 0.0604 e. The first-order valence-corrected chi connectivity index (χ1v) is 16.4. The molecule has 0 saturated carbocycles. The molecule has 0 aromatic carbocycles. The van der Waals surface area contributed by atoms with Crippen LogP contribution in [0.25, 0.3) is 0 Å². The normalized spacial score (nSPS) is 22.2. The van der Waals surface area contributed by atoms with Gasteiger partial charge < -0.3 is 4.74 Å². The van der Waals surface area contributed by atoms with Crippen LogP contribution in [-0.2, 0) is 4.74 Å². The molecule has 0 radical (unpaired) electrons. The molecule has 1 saturated heterocycles. The van der Waals surface area contributed by atoms with E-state index in [1.807, 2.05) is 0 Å². The summed E-state index contributed by atoms with van der Waals surface area (Å²) in [5.74, 6) is 1.78. The van der Waals surface area contributed by atoms with Gasteiger partial charge in [0.1, 0.15) is 0 Å². The van der Waals surface area contributed by atoms with Crippen LogP contribution < -0.4 is 0 Å². The van der Waals surface area contributed by atoms with E-state index < -0.39 is 0 Å². The molecule has 0 aromatic heterocycles. The fraction of sp³-hybridized carbons (Fsp3) is 1.00. The fourth-order valence-electron chi connectivity index (χ4n) is 6.41. The van der Waals surface area contributed by atoms with Crippen molar-refractivity contribution in [3.8, 4) is 0 Å². The summed E-state index contributed by atoms with van der Waals surface area (Å²) in [6, 6.07) is 1.33. The summed E-state index contributed by atoms with van der Waals surface area (Å²) >= 11 is 0. The SMILES string of the molecule is CCCCCCC(CCCCCC)CN1[C@H](C)CC(OCCC(CCCC)CCCCC)C[C@@H]1C. The molecule has 0 amide bonds. The molecule has 2 nitrogen and oxygen atoms in total. The van der Waals surface area contributed by atoms with E-state index in [1.54, 1.807) is 0 Å².